The fraction of sp³-hybridized carbons (Fsp3) is 0.240. The van der Waals surface area contributed by atoms with Crippen LogP contribution in [0.5, 0.6) is 0 Å². The number of aryl methyl sites for hydroxylation is 2. The predicted molar refractivity (Wildman–Crippen MR) is 126 cm³/mol. The molecule has 2 aromatic carbocycles. The summed E-state index contributed by atoms with van der Waals surface area (Å²) in [7, 11) is 0. The molecule has 0 aliphatic carbocycles. The molecule has 6 nitrogen and oxygen atoms in total. The molecule has 1 aliphatic rings. The van der Waals surface area contributed by atoms with E-state index in [9.17, 15) is 9.59 Å². The molecule has 2 aromatic heterocycles. The lowest BCUT2D eigenvalue weighted by Crippen LogP contribution is -2.52. The Morgan fingerprint density at radius 2 is 1.97 bits per heavy atom. The Bertz CT molecular complexity index is 1350. The van der Waals surface area contributed by atoms with E-state index in [1.807, 2.05) is 35.4 Å². The van der Waals surface area contributed by atoms with E-state index in [-0.39, 0.29) is 11.9 Å². The van der Waals surface area contributed by atoms with Gasteiger partial charge in [-0.2, -0.15) is 0 Å². The van der Waals surface area contributed by atoms with Gasteiger partial charge in [-0.15, -0.1) is 11.3 Å². The maximum absolute atomic E-state index is 13.5. The molecule has 162 valence electrons. The average Bonchev–Trinajstić information content (AvgIpc) is 3.33. The van der Waals surface area contributed by atoms with E-state index < -0.39 is 5.91 Å². The van der Waals surface area contributed by atoms with Crippen LogP contribution in [0.25, 0.3) is 16.1 Å². The third-order valence-corrected chi connectivity index (χ3v) is 7.35. The van der Waals surface area contributed by atoms with Crippen LogP contribution in [0.3, 0.4) is 0 Å². The molecule has 2 N–H and O–H groups in total. The zero-order valence-corrected chi connectivity index (χ0v) is 18.9. The fourth-order valence-electron chi connectivity index (χ4n) is 4.25. The Kier molecular flexibility index (Phi) is 5.06. The van der Waals surface area contributed by atoms with Gasteiger partial charge in [0.25, 0.3) is 11.8 Å². The summed E-state index contributed by atoms with van der Waals surface area (Å²) in [6, 6.07) is 14.3. The summed E-state index contributed by atoms with van der Waals surface area (Å²) >= 11 is 1.53. The first-order chi connectivity index (χ1) is 15.4. The largest absolute Gasteiger partial charge is 0.364 e. The van der Waals surface area contributed by atoms with Gasteiger partial charge in [0, 0.05) is 35.6 Å². The maximum atomic E-state index is 13.5. The molecular formula is C25H24N4O2S. The molecule has 5 rings (SSSR count). The van der Waals surface area contributed by atoms with Gasteiger partial charge in [0.2, 0.25) is 0 Å². The standard InChI is InChI=1S/C25H24N4O2S/c1-15-7-8-17(11-16(15)2)20-5-3-4-6-21(20)24(31)28-10-9-18(28)12-19-14-29-22(23(26)30)13-27-25(29)32-19/h3-8,11,13-14,18H,9-10,12H2,1-2H3,(H2,26,30). The zero-order chi connectivity index (χ0) is 22.4. The number of hydrogen-bond acceptors (Lipinski definition) is 4. The molecule has 1 aliphatic heterocycles. The highest BCUT2D eigenvalue weighted by Gasteiger charge is 2.34. The van der Waals surface area contributed by atoms with Crippen LogP contribution in [0.15, 0.2) is 54.9 Å². The quantitative estimate of drug-likeness (QED) is 0.500. The summed E-state index contributed by atoms with van der Waals surface area (Å²) in [4.78, 5) is 33.1. The molecule has 32 heavy (non-hydrogen) atoms. The van der Waals surface area contributed by atoms with Gasteiger partial charge in [-0.1, -0.05) is 36.4 Å². The number of hydrogen-bond donors (Lipinski definition) is 1. The first kappa shape index (κ1) is 20.5. The van der Waals surface area contributed by atoms with Crippen LogP contribution in [-0.2, 0) is 6.42 Å². The van der Waals surface area contributed by atoms with Gasteiger partial charge in [-0.05, 0) is 48.6 Å². The van der Waals surface area contributed by atoms with E-state index in [1.54, 1.807) is 4.40 Å². The number of nitrogens with two attached hydrogens (primary N) is 1. The number of imidazole rings is 1. The van der Waals surface area contributed by atoms with E-state index >= 15 is 0 Å². The molecule has 1 saturated heterocycles. The molecule has 1 atom stereocenters. The monoisotopic (exact) mass is 444 g/mol. The Hall–Kier alpha value is -3.45. The molecule has 7 heteroatoms. The Labute approximate surface area is 190 Å². The smallest absolute Gasteiger partial charge is 0.267 e. The minimum atomic E-state index is -0.495. The van der Waals surface area contributed by atoms with Crippen molar-refractivity contribution in [2.45, 2.75) is 32.7 Å². The number of likely N-dealkylation sites (tertiary alicyclic amines) is 1. The number of benzene rings is 2. The van der Waals surface area contributed by atoms with E-state index in [0.29, 0.717) is 5.69 Å². The molecular weight excluding hydrogens is 420 g/mol. The van der Waals surface area contributed by atoms with Gasteiger partial charge in [-0.25, -0.2) is 4.98 Å². The van der Waals surface area contributed by atoms with Crippen LogP contribution >= 0.6 is 11.3 Å². The Morgan fingerprint density at radius 3 is 2.69 bits per heavy atom. The molecule has 0 spiro atoms. The van der Waals surface area contributed by atoms with Gasteiger partial charge in [-0.3, -0.25) is 14.0 Å². The lowest BCUT2D eigenvalue weighted by molar-refractivity contribution is 0.0467. The maximum Gasteiger partial charge on any atom is 0.267 e. The first-order valence-corrected chi connectivity index (χ1v) is 11.5. The van der Waals surface area contributed by atoms with Crippen molar-refractivity contribution in [2.75, 3.05) is 6.54 Å². The van der Waals surface area contributed by atoms with Crippen molar-refractivity contribution >= 4 is 28.1 Å². The molecule has 0 bridgehead atoms. The molecule has 4 aromatic rings. The molecule has 0 radical (unpaired) electrons. The topological polar surface area (TPSA) is 80.7 Å². The van der Waals surface area contributed by atoms with Crippen molar-refractivity contribution in [1.82, 2.24) is 14.3 Å². The third kappa shape index (κ3) is 3.48. The highest BCUT2D eigenvalue weighted by molar-refractivity contribution is 7.17. The van der Waals surface area contributed by atoms with E-state index in [1.165, 1.54) is 28.7 Å². The lowest BCUT2D eigenvalue weighted by atomic mass is 9.93. The van der Waals surface area contributed by atoms with Gasteiger partial charge < -0.3 is 10.6 Å². The molecule has 2 amide bonds. The van der Waals surface area contributed by atoms with Crippen molar-refractivity contribution in [3.05, 3.63) is 82.1 Å². The summed E-state index contributed by atoms with van der Waals surface area (Å²) in [5.74, 6) is -0.431. The normalized spacial score (nSPS) is 15.7. The van der Waals surface area contributed by atoms with Crippen molar-refractivity contribution < 1.29 is 9.59 Å². The van der Waals surface area contributed by atoms with Crippen molar-refractivity contribution in [3.8, 4) is 11.1 Å². The Balaban J connectivity index is 1.39. The third-order valence-electron chi connectivity index (χ3n) is 6.33. The van der Waals surface area contributed by atoms with Gasteiger partial charge in [0.1, 0.15) is 5.69 Å². The number of carbonyl (C=O) groups excluding carboxylic acids is 2. The minimum absolute atomic E-state index is 0.0641. The summed E-state index contributed by atoms with van der Waals surface area (Å²) in [5, 5.41) is 0. The van der Waals surface area contributed by atoms with Crippen LogP contribution in [-0.4, -0.2) is 38.7 Å². The summed E-state index contributed by atoms with van der Waals surface area (Å²) in [6.07, 6.45) is 5.11. The second-order valence-corrected chi connectivity index (χ2v) is 9.44. The Morgan fingerprint density at radius 1 is 1.16 bits per heavy atom. The number of amides is 2. The number of primary amides is 1. The summed E-state index contributed by atoms with van der Waals surface area (Å²) < 4.78 is 1.74. The van der Waals surface area contributed by atoms with Crippen LogP contribution in [0, 0.1) is 13.8 Å². The van der Waals surface area contributed by atoms with Gasteiger partial charge in [0.05, 0.1) is 6.20 Å². The molecule has 0 saturated carbocycles. The SMILES string of the molecule is Cc1ccc(-c2ccccc2C(=O)N2CCC2Cc2cn3c(C(N)=O)cnc3s2)cc1C. The zero-order valence-electron chi connectivity index (χ0n) is 18.0. The lowest BCUT2D eigenvalue weighted by Gasteiger charge is -2.41. The number of fused-ring (bicyclic) bond motifs is 1. The van der Waals surface area contributed by atoms with Crippen LogP contribution in [0.4, 0.5) is 0 Å². The number of aromatic nitrogens is 2. The predicted octanol–water partition coefficient (Wildman–Crippen LogP) is 4.24. The molecule has 1 fully saturated rings. The minimum Gasteiger partial charge on any atom is -0.364 e. The van der Waals surface area contributed by atoms with Crippen molar-refractivity contribution in [1.29, 1.82) is 0 Å². The molecule has 3 heterocycles. The van der Waals surface area contributed by atoms with Gasteiger partial charge in [0.15, 0.2) is 4.96 Å². The van der Waals surface area contributed by atoms with Crippen LogP contribution in [0.2, 0.25) is 0 Å². The highest BCUT2D eigenvalue weighted by atomic mass is 32.1. The number of rotatable bonds is 5. The second-order valence-electron chi connectivity index (χ2n) is 8.35. The summed E-state index contributed by atoms with van der Waals surface area (Å²) in [5.41, 5.74) is 11.0. The highest BCUT2D eigenvalue weighted by Crippen LogP contribution is 2.31. The van der Waals surface area contributed by atoms with E-state index in [0.717, 1.165) is 45.9 Å². The summed E-state index contributed by atoms with van der Waals surface area (Å²) in [6.45, 7) is 4.94. The van der Waals surface area contributed by atoms with Crippen molar-refractivity contribution in [2.24, 2.45) is 5.73 Å². The van der Waals surface area contributed by atoms with Gasteiger partial charge >= 0.3 is 0 Å². The average molecular weight is 445 g/mol. The molecule has 1 unspecified atom stereocenters. The number of carbonyl (C=O) groups is 2. The second kappa shape index (κ2) is 7.91. The first-order valence-electron chi connectivity index (χ1n) is 10.7. The number of thiazole rings is 1. The van der Waals surface area contributed by atoms with Crippen molar-refractivity contribution in [3.63, 3.8) is 0 Å². The van der Waals surface area contributed by atoms with Crippen LogP contribution < -0.4 is 5.73 Å². The van der Waals surface area contributed by atoms with E-state index in [2.05, 4.69) is 37.0 Å². The van der Waals surface area contributed by atoms with Crippen LogP contribution in [0.1, 0.15) is 43.3 Å². The number of nitrogens with zero attached hydrogens (tertiary/aromatic N) is 3. The van der Waals surface area contributed by atoms with E-state index in [4.69, 9.17) is 5.73 Å². The fourth-order valence-corrected chi connectivity index (χ4v) is 5.27.